The van der Waals surface area contributed by atoms with Gasteiger partial charge in [0.2, 0.25) is 0 Å². The van der Waals surface area contributed by atoms with E-state index in [2.05, 4.69) is 37.4 Å². The summed E-state index contributed by atoms with van der Waals surface area (Å²) >= 11 is 0. The van der Waals surface area contributed by atoms with Gasteiger partial charge in [-0.2, -0.15) is 0 Å². The third-order valence-corrected chi connectivity index (χ3v) is 4.73. The summed E-state index contributed by atoms with van der Waals surface area (Å²) in [6, 6.07) is 7.34. The first-order valence-electron chi connectivity index (χ1n) is 7.13. The van der Waals surface area contributed by atoms with Crippen LogP contribution in [0.2, 0.25) is 0 Å². The molecule has 0 bridgehead atoms. The van der Waals surface area contributed by atoms with E-state index in [-0.39, 0.29) is 5.60 Å². The predicted molar refractivity (Wildman–Crippen MR) is 73.9 cm³/mol. The highest BCUT2D eigenvalue weighted by Crippen LogP contribution is 2.41. The third kappa shape index (κ3) is 2.08. The van der Waals surface area contributed by atoms with Crippen LogP contribution in [0.5, 0.6) is 0 Å². The number of rotatable bonds is 2. The Morgan fingerprint density at radius 2 is 2.11 bits per heavy atom. The summed E-state index contributed by atoms with van der Waals surface area (Å²) < 4.78 is 6.08. The van der Waals surface area contributed by atoms with E-state index in [1.165, 1.54) is 36.0 Å². The van der Waals surface area contributed by atoms with E-state index in [4.69, 9.17) is 4.74 Å². The van der Waals surface area contributed by atoms with E-state index in [1.807, 2.05) is 0 Å². The molecule has 1 N–H and O–H groups in total. The monoisotopic (exact) mass is 245 g/mol. The molecular formula is C16H23NO. The van der Waals surface area contributed by atoms with E-state index < -0.39 is 0 Å². The molecule has 2 nitrogen and oxygen atoms in total. The fourth-order valence-corrected chi connectivity index (χ4v) is 3.22. The van der Waals surface area contributed by atoms with Crippen molar-refractivity contribution in [3.05, 3.63) is 34.9 Å². The maximum atomic E-state index is 6.08. The van der Waals surface area contributed by atoms with Crippen molar-refractivity contribution >= 4 is 0 Å². The SMILES string of the molecule is Cc1ccc(CC2NCCOC23CCC3)cc1C. The van der Waals surface area contributed by atoms with Gasteiger partial charge in [-0.15, -0.1) is 0 Å². The predicted octanol–water partition coefficient (Wildman–Crippen LogP) is 2.76. The minimum atomic E-state index is 0.150. The van der Waals surface area contributed by atoms with Gasteiger partial charge in [-0.1, -0.05) is 18.2 Å². The van der Waals surface area contributed by atoms with E-state index in [0.29, 0.717) is 6.04 Å². The first-order chi connectivity index (χ1) is 8.70. The standard InChI is InChI=1S/C16H23NO/c1-12-4-5-14(10-13(12)2)11-15-16(6-3-7-16)18-9-8-17-15/h4-5,10,15,17H,3,6-9,11H2,1-2H3. The lowest BCUT2D eigenvalue weighted by atomic mass is 9.72. The van der Waals surface area contributed by atoms with Crippen LogP contribution in [0.1, 0.15) is 36.0 Å². The summed E-state index contributed by atoms with van der Waals surface area (Å²) in [5, 5.41) is 3.67. The lowest BCUT2D eigenvalue weighted by Gasteiger charge is -2.50. The van der Waals surface area contributed by atoms with E-state index >= 15 is 0 Å². The average molecular weight is 245 g/mol. The second-order valence-electron chi connectivity index (χ2n) is 5.90. The van der Waals surface area contributed by atoms with Gasteiger partial charge in [0.05, 0.1) is 12.2 Å². The molecule has 18 heavy (non-hydrogen) atoms. The normalized spacial score (nSPS) is 26.0. The average Bonchev–Trinajstić information content (AvgIpc) is 2.33. The van der Waals surface area contributed by atoms with Crippen molar-refractivity contribution in [2.45, 2.75) is 51.2 Å². The minimum Gasteiger partial charge on any atom is -0.372 e. The highest BCUT2D eigenvalue weighted by molar-refractivity contribution is 5.31. The molecule has 1 heterocycles. The first kappa shape index (κ1) is 12.2. The number of hydrogen-bond donors (Lipinski definition) is 1. The molecule has 1 aromatic rings. The van der Waals surface area contributed by atoms with Gasteiger partial charge in [0.25, 0.3) is 0 Å². The maximum absolute atomic E-state index is 6.08. The topological polar surface area (TPSA) is 21.3 Å². The van der Waals surface area contributed by atoms with E-state index in [9.17, 15) is 0 Å². The van der Waals surface area contributed by atoms with Crippen molar-refractivity contribution in [3.63, 3.8) is 0 Å². The molecule has 0 amide bonds. The van der Waals surface area contributed by atoms with Gasteiger partial charge in [0.15, 0.2) is 0 Å². The Morgan fingerprint density at radius 3 is 2.78 bits per heavy atom. The minimum absolute atomic E-state index is 0.150. The van der Waals surface area contributed by atoms with Crippen molar-refractivity contribution in [3.8, 4) is 0 Å². The Morgan fingerprint density at radius 1 is 1.28 bits per heavy atom. The van der Waals surface area contributed by atoms with Crippen LogP contribution in [0.15, 0.2) is 18.2 Å². The summed E-state index contributed by atoms with van der Waals surface area (Å²) in [6.07, 6.45) is 4.89. The molecule has 1 saturated heterocycles. The van der Waals surface area contributed by atoms with E-state index in [1.54, 1.807) is 0 Å². The molecule has 1 aliphatic carbocycles. The molecule has 0 radical (unpaired) electrons. The zero-order valence-corrected chi connectivity index (χ0v) is 11.5. The smallest absolute Gasteiger partial charge is 0.0838 e. The molecule has 1 atom stereocenters. The molecule has 1 saturated carbocycles. The van der Waals surface area contributed by atoms with Crippen LogP contribution in [0.3, 0.4) is 0 Å². The summed E-state index contributed by atoms with van der Waals surface area (Å²) in [7, 11) is 0. The quantitative estimate of drug-likeness (QED) is 0.865. The lowest BCUT2D eigenvalue weighted by molar-refractivity contribution is -0.144. The van der Waals surface area contributed by atoms with Crippen LogP contribution >= 0.6 is 0 Å². The van der Waals surface area contributed by atoms with Crippen molar-refractivity contribution in [1.29, 1.82) is 0 Å². The second kappa shape index (κ2) is 4.67. The first-order valence-corrected chi connectivity index (χ1v) is 7.13. The van der Waals surface area contributed by atoms with Crippen molar-refractivity contribution in [2.24, 2.45) is 0 Å². The molecule has 98 valence electrons. The molecule has 1 unspecified atom stereocenters. The van der Waals surface area contributed by atoms with Crippen molar-refractivity contribution < 1.29 is 4.74 Å². The van der Waals surface area contributed by atoms with Crippen LogP contribution in [0.4, 0.5) is 0 Å². The molecule has 3 rings (SSSR count). The second-order valence-corrected chi connectivity index (χ2v) is 5.90. The Bertz CT molecular complexity index is 437. The maximum Gasteiger partial charge on any atom is 0.0838 e. The highest BCUT2D eigenvalue weighted by Gasteiger charge is 2.46. The van der Waals surface area contributed by atoms with Crippen molar-refractivity contribution in [1.82, 2.24) is 5.32 Å². The molecule has 2 fully saturated rings. The Labute approximate surface area is 110 Å². The number of benzene rings is 1. The van der Waals surface area contributed by atoms with Gasteiger partial charge in [-0.05, 0) is 56.2 Å². The summed E-state index contributed by atoms with van der Waals surface area (Å²) in [5.41, 5.74) is 4.36. The van der Waals surface area contributed by atoms with Crippen LogP contribution in [-0.2, 0) is 11.2 Å². The number of ether oxygens (including phenoxy) is 1. The molecule has 1 aliphatic heterocycles. The fourth-order valence-electron chi connectivity index (χ4n) is 3.22. The molecule has 0 aromatic heterocycles. The van der Waals surface area contributed by atoms with Gasteiger partial charge in [-0.25, -0.2) is 0 Å². The van der Waals surface area contributed by atoms with Crippen molar-refractivity contribution in [2.75, 3.05) is 13.2 Å². The Kier molecular flexibility index (Phi) is 3.16. The zero-order chi connectivity index (χ0) is 12.6. The van der Waals surface area contributed by atoms with Crippen LogP contribution in [-0.4, -0.2) is 24.8 Å². The lowest BCUT2D eigenvalue weighted by Crippen LogP contribution is -2.62. The van der Waals surface area contributed by atoms with Crippen LogP contribution in [0, 0.1) is 13.8 Å². The fraction of sp³-hybridized carbons (Fsp3) is 0.625. The third-order valence-electron chi connectivity index (χ3n) is 4.73. The van der Waals surface area contributed by atoms with Gasteiger partial charge in [0.1, 0.15) is 0 Å². The summed E-state index contributed by atoms with van der Waals surface area (Å²) in [4.78, 5) is 0. The van der Waals surface area contributed by atoms with Gasteiger partial charge in [0, 0.05) is 12.6 Å². The summed E-state index contributed by atoms with van der Waals surface area (Å²) in [6.45, 7) is 6.25. The van der Waals surface area contributed by atoms with Crippen LogP contribution < -0.4 is 5.32 Å². The van der Waals surface area contributed by atoms with Gasteiger partial charge in [-0.3, -0.25) is 0 Å². The molecule has 2 aliphatic rings. The Balaban J connectivity index is 1.76. The number of aryl methyl sites for hydroxylation is 2. The van der Waals surface area contributed by atoms with Gasteiger partial charge < -0.3 is 10.1 Å². The molecule has 1 aromatic carbocycles. The molecule has 1 spiro atoms. The number of nitrogens with one attached hydrogen (secondary N) is 1. The number of hydrogen-bond acceptors (Lipinski definition) is 2. The van der Waals surface area contributed by atoms with Crippen LogP contribution in [0.25, 0.3) is 0 Å². The largest absolute Gasteiger partial charge is 0.372 e. The van der Waals surface area contributed by atoms with Gasteiger partial charge >= 0.3 is 0 Å². The molecular weight excluding hydrogens is 222 g/mol. The number of morpholine rings is 1. The van der Waals surface area contributed by atoms with E-state index in [0.717, 1.165) is 19.6 Å². The highest BCUT2D eigenvalue weighted by atomic mass is 16.5. The molecule has 2 heteroatoms. The summed E-state index contributed by atoms with van der Waals surface area (Å²) in [5.74, 6) is 0. The Hall–Kier alpha value is -0.860. The zero-order valence-electron chi connectivity index (χ0n) is 11.5.